The van der Waals surface area contributed by atoms with E-state index in [-0.39, 0.29) is 17.5 Å². The van der Waals surface area contributed by atoms with Crippen molar-refractivity contribution in [2.75, 3.05) is 0 Å². The number of ether oxygens (including phenoxy) is 1. The highest BCUT2D eigenvalue weighted by Crippen LogP contribution is 2.27. The smallest absolute Gasteiger partial charge is 0.406 e. The van der Waals surface area contributed by atoms with E-state index in [1.807, 2.05) is 6.42 Å². The molecule has 103 valence electrons. The molecule has 1 aromatic rings. The number of alkyl halides is 3. The van der Waals surface area contributed by atoms with E-state index in [0.717, 1.165) is 25.7 Å². The summed E-state index contributed by atoms with van der Waals surface area (Å²) in [4.78, 5) is 12.1. The summed E-state index contributed by atoms with van der Waals surface area (Å²) in [7, 11) is 0. The van der Waals surface area contributed by atoms with Crippen LogP contribution in [0.5, 0.6) is 5.75 Å². The summed E-state index contributed by atoms with van der Waals surface area (Å²) in [5.41, 5.74) is 0.428. The van der Waals surface area contributed by atoms with Gasteiger partial charge in [0, 0.05) is 11.5 Å². The molecule has 1 aromatic carbocycles. The summed E-state index contributed by atoms with van der Waals surface area (Å²) in [5, 5.41) is 0. The Hall–Kier alpha value is -1.52. The first-order valence-corrected chi connectivity index (χ1v) is 6.19. The maximum Gasteiger partial charge on any atom is 0.573 e. The molecule has 0 aliphatic heterocycles. The van der Waals surface area contributed by atoms with Crippen molar-refractivity contribution in [3.63, 3.8) is 0 Å². The predicted octanol–water partition coefficient (Wildman–Crippen LogP) is 4.16. The second-order valence-corrected chi connectivity index (χ2v) is 4.56. The lowest BCUT2D eigenvalue weighted by Gasteiger charge is -2.20. The Morgan fingerprint density at radius 1 is 1.16 bits per heavy atom. The van der Waals surface area contributed by atoms with Gasteiger partial charge in [0.05, 0.1) is 0 Å². The molecule has 1 unspecified atom stereocenters. The fourth-order valence-corrected chi connectivity index (χ4v) is 2.22. The highest BCUT2D eigenvalue weighted by molar-refractivity contribution is 5.98. The predicted molar refractivity (Wildman–Crippen MR) is 63.7 cm³/mol. The van der Waals surface area contributed by atoms with Crippen molar-refractivity contribution in [1.29, 1.82) is 0 Å². The average molecular weight is 271 g/mol. The van der Waals surface area contributed by atoms with E-state index >= 15 is 0 Å². The van der Waals surface area contributed by atoms with Gasteiger partial charge >= 0.3 is 6.36 Å². The lowest BCUT2D eigenvalue weighted by molar-refractivity contribution is -0.274. The second kappa shape index (κ2) is 5.63. The quantitative estimate of drug-likeness (QED) is 0.771. The molecule has 0 spiro atoms. The van der Waals surface area contributed by atoms with Crippen LogP contribution in [-0.4, -0.2) is 12.1 Å². The SMILES string of the molecule is O=C(c1ccc(OC(F)(F)F)cc1)C1[CH]CCCC1. The molecule has 1 saturated carbocycles. The number of hydrogen-bond donors (Lipinski definition) is 0. The minimum Gasteiger partial charge on any atom is -0.406 e. The topological polar surface area (TPSA) is 26.3 Å². The number of carbonyl (C=O) groups is 1. The minimum absolute atomic E-state index is 0.0294. The Balaban J connectivity index is 2.03. The van der Waals surface area contributed by atoms with Crippen LogP contribution in [0.3, 0.4) is 0 Å². The van der Waals surface area contributed by atoms with Crippen molar-refractivity contribution in [2.45, 2.75) is 32.0 Å². The van der Waals surface area contributed by atoms with Crippen LogP contribution < -0.4 is 4.74 Å². The number of Topliss-reactive ketones (excluding diaryl/α,β-unsaturated/α-hetero) is 1. The van der Waals surface area contributed by atoms with Crippen LogP contribution >= 0.6 is 0 Å². The van der Waals surface area contributed by atoms with E-state index in [2.05, 4.69) is 4.74 Å². The highest BCUT2D eigenvalue weighted by Gasteiger charge is 2.31. The molecule has 19 heavy (non-hydrogen) atoms. The zero-order valence-corrected chi connectivity index (χ0v) is 10.2. The van der Waals surface area contributed by atoms with Gasteiger partial charge < -0.3 is 4.74 Å². The van der Waals surface area contributed by atoms with Gasteiger partial charge in [-0.15, -0.1) is 13.2 Å². The second-order valence-electron chi connectivity index (χ2n) is 4.56. The molecule has 2 rings (SSSR count). The van der Waals surface area contributed by atoms with Crippen LogP contribution in [-0.2, 0) is 0 Å². The van der Waals surface area contributed by atoms with Gasteiger partial charge in [-0.2, -0.15) is 0 Å². The zero-order valence-electron chi connectivity index (χ0n) is 10.2. The molecule has 0 heterocycles. The van der Waals surface area contributed by atoms with Crippen LogP contribution in [0, 0.1) is 12.3 Å². The third-order valence-corrected chi connectivity index (χ3v) is 3.13. The molecule has 1 atom stereocenters. The van der Waals surface area contributed by atoms with Gasteiger partial charge in [0.1, 0.15) is 5.75 Å². The van der Waals surface area contributed by atoms with Crippen LogP contribution in [0.2, 0.25) is 0 Å². The molecule has 0 amide bonds. The molecule has 0 bridgehead atoms. The number of halogens is 3. The maximum atomic E-state index is 12.1. The van der Waals surface area contributed by atoms with Gasteiger partial charge in [-0.05, 0) is 43.5 Å². The van der Waals surface area contributed by atoms with Gasteiger partial charge in [-0.25, -0.2) is 0 Å². The van der Waals surface area contributed by atoms with Gasteiger partial charge in [-0.1, -0.05) is 12.8 Å². The first-order valence-electron chi connectivity index (χ1n) is 6.19. The molecule has 0 N–H and O–H groups in total. The fraction of sp³-hybridized carbons (Fsp3) is 0.429. The summed E-state index contributed by atoms with van der Waals surface area (Å²) in [6.45, 7) is 0. The van der Waals surface area contributed by atoms with E-state index in [1.165, 1.54) is 24.3 Å². The monoisotopic (exact) mass is 271 g/mol. The molecule has 1 aliphatic rings. The zero-order chi connectivity index (χ0) is 13.9. The molecular weight excluding hydrogens is 257 g/mol. The van der Waals surface area contributed by atoms with Crippen molar-refractivity contribution in [3.05, 3.63) is 36.2 Å². The highest BCUT2D eigenvalue weighted by atomic mass is 19.4. The van der Waals surface area contributed by atoms with Crippen LogP contribution in [0.4, 0.5) is 13.2 Å². The summed E-state index contributed by atoms with van der Waals surface area (Å²) in [5.74, 6) is -0.446. The van der Waals surface area contributed by atoms with Crippen LogP contribution in [0.1, 0.15) is 36.0 Å². The summed E-state index contributed by atoms with van der Waals surface area (Å²) in [6, 6.07) is 5.10. The van der Waals surface area contributed by atoms with E-state index in [1.54, 1.807) is 0 Å². The Morgan fingerprint density at radius 2 is 1.84 bits per heavy atom. The van der Waals surface area contributed by atoms with Crippen molar-refractivity contribution in [1.82, 2.24) is 0 Å². The van der Waals surface area contributed by atoms with Gasteiger partial charge in [0.25, 0.3) is 0 Å². The number of rotatable bonds is 3. The molecular formula is C14H14F3O2. The summed E-state index contributed by atoms with van der Waals surface area (Å²) in [6.07, 6.45) is 1.14. The lowest BCUT2D eigenvalue weighted by Crippen LogP contribution is -2.19. The molecule has 1 radical (unpaired) electrons. The molecule has 2 nitrogen and oxygen atoms in total. The van der Waals surface area contributed by atoms with Crippen molar-refractivity contribution < 1.29 is 22.7 Å². The standard InChI is InChI=1S/C14H14F3O2/c15-14(16,17)19-12-8-6-11(7-9-12)13(18)10-4-2-1-3-5-10/h4,6-10H,1-3,5H2. The minimum atomic E-state index is -4.71. The van der Waals surface area contributed by atoms with Gasteiger partial charge in [0.2, 0.25) is 0 Å². The van der Waals surface area contributed by atoms with Gasteiger partial charge in [-0.3, -0.25) is 4.79 Å². The number of benzene rings is 1. The fourth-order valence-electron chi connectivity index (χ4n) is 2.22. The molecule has 0 aromatic heterocycles. The Bertz CT molecular complexity index is 431. The number of hydrogen-bond acceptors (Lipinski definition) is 2. The normalized spacial score (nSPS) is 17.2. The Kier molecular flexibility index (Phi) is 4.12. The third-order valence-electron chi connectivity index (χ3n) is 3.13. The van der Waals surface area contributed by atoms with Crippen LogP contribution in [0.25, 0.3) is 0 Å². The van der Waals surface area contributed by atoms with Crippen molar-refractivity contribution in [3.8, 4) is 5.75 Å². The van der Waals surface area contributed by atoms with E-state index < -0.39 is 6.36 Å². The van der Waals surface area contributed by atoms with E-state index in [0.29, 0.717) is 5.56 Å². The average Bonchev–Trinajstić information content (AvgIpc) is 2.38. The Morgan fingerprint density at radius 3 is 2.37 bits per heavy atom. The van der Waals surface area contributed by atoms with Crippen molar-refractivity contribution in [2.24, 2.45) is 5.92 Å². The molecule has 0 saturated heterocycles. The van der Waals surface area contributed by atoms with E-state index in [4.69, 9.17) is 0 Å². The third kappa shape index (κ3) is 3.98. The lowest BCUT2D eigenvalue weighted by atomic mass is 9.84. The maximum absolute atomic E-state index is 12.1. The first-order chi connectivity index (χ1) is 8.96. The molecule has 5 heteroatoms. The van der Waals surface area contributed by atoms with Crippen LogP contribution in [0.15, 0.2) is 24.3 Å². The molecule has 1 fully saturated rings. The summed E-state index contributed by atoms with van der Waals surface area (Å²) >= 11 is 0. The Labute approximate surface area is 109 Å². The van der Waals surface area contributed by atoms with E-state index in [9.17, 15) is 18.0 Å². The number of ketones is 1. The van der Waals surface area contributed by atoms with Crippen molar-refractivity contribution >= 4 is 5.78 Å². The summed E-state index contributed by atoms with van der Waals surface area (Å²) < 4.78 is 39.8. The largest absolute Gasteiger partial charge is 0.573 e. The molecule has 1 aliphatic carbocycles. The first kappa shape index (κ1) is 13.9. The van der Waals surface area contributed by atoms with Gasteiger partial charge in [0.15, 0.2) is 5.78 Å². The number of carbonyl (C=O) groups excluding carboxylic acids is 1.